The molecule has 0 spiro atoms. The zero-order valence-corrected chi connectivity index (χ0v) is 5.97. The second-order valence-corrected chi connectivity index (χ2v) is 2.74. The first-order valence-electron chi connectivity index (χ1n) is 3.68. The largest absolute Gasteiger partial charge is 0.374 e. The van der Waals surface area contributed by atoms with Crippen LogP contribution in [-0.2, 0) is 4.74 Å². The van der Waals surface area contributed by atoms with Gasteiger partial charge in [-0.15, -0.1) is 0 Å². The summed E-state index contributed by atoms with van der Waals surface area (Å²) in [6.45, 7) is 2.68. The van der Waals surface area contributed by atoms with Crippen LogP contribution in [0, 0.1) is 0 Å². The minimum absolute atomic E-state index is 0.260. The van der Waals surface area contributed by atoms with Gasteiger partial charge < -0.3 is 10.5 Å². The fourth-order valence-corrected chi connectivity index (χ4v) is 0.891. The van der Waals surface area contributed by atoms with E-state index in [1.54, 1.807) is 0 Å². The van der Waals surface area contributed by atoms with Crippen molar-refractivity contribution < 1.29 is 4.74 Å². The van der Waals surface area contributed by atoms with Crippen molar-refractivity contribution in [2.45, 2.75) is 38.4 Å². The Balaban J connectivity index is 2.01. The van der Waals surface area contributed by atoms with Crippen molar-refractivity contribution in [3.63, 3.8) is 0 Å². The molecule has 0 heterocycles. The third-order valence-electron chi connectivity index (χ3n) is 1.81. The fraction of sp³-hybridized carbons (Fsp3) is 1.00. The van der Waals surface area contributed by atoms with Gasteiger partial charge in [-0.1, -0.05) is 0 Å². The molecular formula is C7H15NO. The molecule has 54 valence electrons. The molecule has 0 radical (unpaired) electrons. The van der Waals surface area contributed by atoms with Gasteiger partial charge in [-0.05, 0) is 26.2 Å². The maximum absolute atomic E-state index is 5.51. The van der Waals surface area contributed by atoms with E-state index in [2.05, 4.69) is 0 Å². The van der Waals surface area contributed by atoms with Gasteiger partial charge in [-0.25, -0.2) is 0 Å². The lowest BCUT2D eigenvalue weighted by Gasteiger charge is -2.28. The number of hydrogen-bond acceptors (Lipinski definition) is 2. The molecule has 2 heteroatoms. The molecular weight excluding hydrogens is 114 g/mol. The number of ether oxygens (including phenoxy) is 1. The summed E-state index contributed by atoms with van der Waals surface area (Å²) in [6, 6.07) is 0. The average molecular weight is 129 g/mol. The standard InChI is InChI=1S/C7H15NO/c1-6(5-8)9-7-3-2-4-7/h6-7H,2-5,8H2,1H3/t6-/m0/s1. The Morgan fingerprint density at radius 1 is 1.67 bits per heavy atom. The lowest BCUT2D eigenvalue weighted by atomic mass is 9.96. The molecule has 1 rings (SSSR count). The van der Waals surface area contributed by atoms with Gasteiger partial charge in [-0.2, -0.15) is 0 Å². The van der Waals surface area contributed by atoms with Gasteiger partial charge in [0.1, 0.15) is 0 Å². The minimum atomic E-state index is 0.260. The molecule has 2 N–H and O–H groups in total. The highest BCUT2D eigenvalue weighted by atomic mass is 16.5. The molecule has 1 aliphatic carbocycles. The highest BCUT2D eigenvalue weighted by Crippen LogP contribution is 2.22. The molecule has 0 aliphatic heterocycles. The van der Waals surface area contributed by atoms with Crippen LogP contribution in [0.5, 0.6) is 0 Å². The van der Waals surface area contributed by atoms with Crippen LogP contribution >= 0.6 is 0 Å². The van der Waals surface area contributed by atoms with Crippen LogP contribution in [0.4, 0.5) is 0 Å². The first-order chi connectivity index (χ1) is 4.33. The summed E-state index contributed by atoms with van der Waals surface area (Å²) < 4.78 is 5.51. The Labute approximate surface area is 56.4 Å². The summed E-state index contributed by atoms with van der Waals surface area (Å²) in [6.07, 6.45) is 4.61. The predicted octanol–water partition coefficient (Wildman–Crippen LogP) is 0.903. The van der Waals surface area contributed by atoms with Gasteiger partial charge in [0, 0.05) is 6.54 Å². The molecule has 0 unspecified atom stereocenters. The summed E-state index contributed by atoms with van der Waals surface area (Å²) in [4.78, 5) is 0. The molecule has 2 nitrogen and oxygen atoms in total. The first-order valence-corrected chi connectivity index (χ1v) is 3.68. The Morgan fingerprint density at radius 3 is 2.67 bits per heavy atom. The van der Waals surface area contributed by atoms with E-state index < -0.39 is 0 Å². The van der Waals surface area contributed by atoms with E-state index >= 15 is 0 Å². The van der Waals surface area contributed by atoms with Crippen LogP contribution in [0.15, 0.2) is 0 Å². The van der Waals surface area contributed by atoms with Crippen LogP contribution < -0.4 is 5.73 Å². The Bertz CT molecular complexity index is 78.2. The molecule has 1 atom stereocenters. The van der Waals surface area contributed by atoms with Crippen molar-refractivity contribution >= 4 is 0 Å². The van der Waals surface area contributed by atoms with E-state index in [0.29, 0.717) is 12.6 Å². The molecule has 9 heavy (non-hydrogen) atoms. The fourth-order valence-electron chi connectivity index (χ4n) is 0.891. The Morgan fingerprint density at radius 2 is 2.33 bits per heavy atom. The van der Waals surface area contributed by atoms with Gasteiger partial charge in [0.2, 0.25) is 0 Å². The second-order valence-electron chi connectivity index (χ2n) is 2.74. The topological polar surface area (TPSA) is 35.2 Å². The summed E-state index contributed by atoms with van der Waals surface area (Å²) in [5.74, 6) is 0. The monoisotopic (exact) mass is 129 g/mol. The SMILES string of the molecule is C[C@@H](CN)OC1CCC1. The lowest BCUT2D eigenvalue weighted by Crippen LogP contribution is -2.30. The summed E-state index contributed by atoms with van der Waals surface area (Å²) in [5.41, 5.74) is 5.37. The predicted molar refractivity (Wildman–Crippen MR) is 37.2 cm³/mol. The molecule has 0 aromatic heterocycles. The van der Waals surface area contributed by atoms with E-state index in [4.69, 9.17) is 10.5 Å². The molecule has 0 aromatic carbocycles. The van der Waals surface area contributed by atoms with Gasteiger partial charge >= 0.3 is 0 Å². The highest BCUT2D eigenvalue weighted by molar-refractivity contribution is 4.70. The summed E-state index contributed by atoms with van der Waals surface area (Å²) >= 11 is 0. The third kappa shape index (κ3) is 1.95. The van der Waals surface area contributed by atoms with Crippen molar-refractivity contribution in [2.75, 3.05) is 6.54 Å². The van der Waals surface area contributed by atoms with Crippen LogP contribution in [0.2, 0.25) is 0 Å². The van der Waals surface area contributed by atoms with E-state index in [1.165, 1.54) is 19.3 Å². The van der Waals surface area contributed by atoms with E-state index in [9.17, 15) is 0 Å². The molecule has 1 aliphatic rings. The normalized spacial score (nSPS) is 23.3. The third-order valence-corrected chi connectivity index (χ3v) is 1.81. The number of rotatable bonds is 3. The van der Waals surface area contributed by atoms with Gasteiger partial charge in [0.25, 0.3) is 0 Å². The number of hydrogen-bond donors (Lipinski definition) is 1. The molecule has 0 amide bonds. The molecule has 0 aromatic rings. The average Bonchev–Trinajstić information content (AvgIpc) is 1.78. The Hall–Kier alpha value is -0.0800. The summed E-state index contributed by atoms with van der Waals surface area (Å²) in [7, 11) is 0. The van der Waals surface area contributed by atoms with Gasteiger partial charge in [0.05, 0.1) is 12.2 Å². The van der Waals surface area contributed by atoms with Crippen molar-refractivity contribution in [1.29, 1.82) is 0 Å². The minimum Gasteiger partial charge on any atom is -0.374 e. The molecule has 0 bridgehead atoms. The van der Waals surface area contributed by atoms with E-state index in [0.717, 1.165) is 0 Å². The number of nitrogens with two attached hydrogens (primary N) is 1. The van der Waals surface area contributed by atoms with E-state index in [-0.39, 0.29) is 6.10 Å². The quantitative estimate of drug-likeness (QED) is 0.614. The smallest absolute Gasteiger partial charge is 0.0672 e. The van der Waals surface area contributed by atoms with Crippen LogP contribution in [-0.4, -0.2) is 18.8 Å². The van der Waals surface area contributed by atoms with Crippen LogP contribution in [0.3, 0.4) is 0 Å². The van der Waals surface area contributed by atoms with Gasteiger partial charge in [0.15, 0.2) is 0 Å². The molecule has 1 saturated carbocycles. The van der Waals surface area contributed by atoms with Crippen LogP contribution in [0.25, 0.3) is 0 Å². The molecule has 1 fully saturated rings. The van der Waals surface area contributed by atoms with Crippen LogP contribution in [0.1, 0.15) is 26.2 Å². The maximum Gasteiger partial charge on any atom is 0.0672 e. The highest BCUT2D eigenvalue weighted by Gasteiger charge is 2.19. The first kappa shape index (κ1) is 7.03. The van der Waals surface area contributed by atoms with Crippen molar-refractivity contribution in [2.24, 2.45) is 5.73 Å². The van der Waals surface area contributed by atoms with Crippen molar-refractivity contribution in [3.05, 3.63) is 0 Å². The zero-order chi connectivity index (χ0) is 6.69. The second kappa shape index (κ2) is 3.18. The van der Waals surface area contributed by atoms with Gasteiger partial charge in [-0.3, -0.25) is 0 Å². The van der Waals surface area contributed by atoms with E-state index in [1.807, 2.05) is 6.92 Å². The summed E-state index contributed by atoms with van der Waals surface area (Å²) in [5, 5.41) is 0. The maximum atomic E-state index is 5.51. The Kier molecular flexibility index (Phi) is 2.49. The van der Waals surface area contributed by atoms with Crippen molar-refractivity contribution in [1.82, 2.24) is 0 Å². The zero-order valence-electron chi connectivity index (χ0n) is 5.97. The lowest BCUT2D eigenvalue weighted by molar-refractivity contribution is -0.0386. The molecule has 0 saturated heterocycles. The van der Waals surface area contributed by atoms with Crippen molar-refractivity contribution in [3.8, 4) is 0 Å².